The van der Waals surface area contributed by atoms with Gasteiger partial charge in [0, 0.05) is 23.1 Å². The van der Waals surface area contributed by atoms with Crippen LogP contribution in [0, 0.1) is 0 Å². The first-order valence-corrected chi connectivity index (χ1v) is 11.7. The molecule has 0 unspecified atom stereocenters. The predicted octanol–water partition coefficient (Wildman–Crippen LogP) is 4.42. The van der Waals surface area contributed by atoms with Gasteiger partial charge in [-0.25, -0.2) is 15.0 Å². The zero-order chi connectivity index (χ0) is 23.3. The standard InChI is InChI=1S/C27H27N7/c28-19-5-1-4-17(16-19)22-11-12-23-26(32-22)34(25(33-23)21-6-2-15-31-24(21)29)20-9-7-18(8-10-20)27(30)13-3-14-27/h2,4,6-12,15-16H,1,3,5,13-14,28,30H2,(H2,29,31). The number of pyridine rings is 2. The summed E-state index contributed by atoms with van der Waals surface area (Å²) in [6, 6.07) is 16.2. The van der Waals surface area contributed by atoms with Crippen LogP contribution in [0.4, 0.5) is 5.82 Å². The van der Waals surface area contributed by atoms with Crippen molar-refractivity contribution in [1.82, 2.24) is 19.5 Å². The highest BCUT2D eigenvalue weighted by Crippen LogP contribution is 2.39. The molecular formula is C27H27N7. The number of imidazole rings is 1. The van der Waals surface area contributed by atoms with Crippen molar-refractivity contribution < 1.29 is 0 Å². The first-order chi connectivity index (χ1) is 16.5. The first kappa shape index (κ1) is 20.6. The van der Waals surface area contributed by atoms with E-state index in [1.807, 2.05) is 30.3 Å². The van der Waals surface area contributed by atoms with Crippen LogP contribution in [-0.2, 0) is 5.54 Å². The molecular weight excluding hydrogens is 422 g/mol. The van der Waals surface area contributed by atoms with E-state index in [2.05, 4.69) is 39.9 Å². The molecule has 3 aromatic heterocycles. The molecule has 4 aromatic rings. The van der Waals surface area contributed by atoms with E-state index in [1.54, 1.807) is 6.20 Å². The minimum absolute atomic E-state index is 0.211. The highest BCUT2D eigenvalue weighted by molar-refractivity contribution is 5.85. The quantitative estimate of drug-likeness (QED) is 0.424. The second-order valence-corrected chi connectivity index (χ2v) is 9.22. The molecule has 6 rings (SSSR count). The third-order valence-corrected chi connectivity index (χ3v) is 6.96. The number of nitrogens with two attached hydrogens (primary N) is 3. The van der Waals surface area contributed by atoms with Gasteiger partial charge in [-0.3, -0.25) is 4.57 Å². The van der Waals surface area contributed by atoms with Crippen molar-refractivity contribution in [3.05, 3.63) is 83.8 Å². The molecule has 3 heterocycles. The number of hydrogen-bond donors (Lipinski definition) is 3. The molecule has 0 saturated heterocycles. The van der Waals surface area contributed by atoms with Crippen molar-refractivity contribution in [3.8, 4) is 17.1 Å². The van der Waals surface area contributed by atoms with Gasteiger partial charge in [0.1, 0.15) is 11.3 Å². The van der Waals surface area contributed by atoms with E-state index in [0.29, 0.717) is 11.6 Å². The fourth-order valence-corrected chi connectivity index (χ4v) is 4.84. The lowest BCUT2D eigenvalue weighted by Gasteiger charge is -2.38. The van der Waals surface area contributed by atoms with Gasteiger partial charge in [-0.05, 0) is 85.7 Å². The predicted molar refractivity (Wildman–Crippen MR) is 136 cm³/mol. The Balaban J connectivity index is 1.55. The van der Waals surface area contributed by atoms with E-state index in [0.717, 1.165) is 70.6 Å². The van der Waals surface area contributed by atoms with E-state index >= 15 is 0 Å². The van der Waals surface area contributed by atoms with Crippen LogP contribution in [-0.4, -0.2) is 19.5 Å². The van der Waals surface area contributed by atoms with Crippen LogP contribution in [0.5, 0.6) is 0 Å². The Morgan fingerprint density at radius 2 is 1.76 bits per heavy atom. The summed E-state index contributed by atoms with van der Waals surface area (Å²) < 4.78 is 2.05. The number of hydrogen-bond acceptors (Lipinski definition) is 6. The summed E-state index contributed by atoms with van der Waals surface area (Å²) in [4.78, 5) is 14.2. The summed E-state index contributed by atoms with van der Waals surface area (Å²) >= 11 is 0. The van der Waals surface area contributed by atoms with Gasteiger partial charge >= 0.3 is 0 Å². The maximum atomic E-state index is 6.56. The van der Waals surface area contributed by atoms with Gasteiger partial charge in [0.25, 0.3) is 0 Å². The highest BCUT2D eigenvalue weighted by atomic mass is 15.1. The number of fused-ring (bicyclic) bond motifs is 1. The average Bonchev–Trinajstić information content (AvgIpc) is 3.21. The van der Waals surface area contributed by atoms with Crippen molar-refractivity contribution in [1.29, 1.82) is 0 Å². The Morgan fingerprint density at radius 3 is 2.47 bits per heavy atom. The Morgan fingerprint density at radius 1 is 0.941 bits per heavy atom. The molecule has 0 atom stereocenters. The van der Waals surface area contributed by atoms with Crippen LogP contribution >= 0.6 is 0 Å². The number of nitrogen functional groups attached to an aromatic ring is 1. The molecule has 1 saturated carbocycles. The molecule has 0 radical (unpaired) electrons. The van der Waals surface area contributed by atoms with Gasteiger partial charge in [-0.2, -0.15) is 0 Å². The number of aromatic nitrogens is 4. The molecule has 1 aromatic carbocycles. The minimum atomic E-state index is -0.211. The molecule has 170 valence electrons. The zero-order valence-electron chi connectivity index (χ0n) is 18.9. The fraction of sp³-hybridized carbons (Fsp3) is 0.222. The van der Waals surface area contributed by atoms with Crippen LogP contribution in [0.2, 0.25) is 0 Å². The third kappa shape index (κ3) is 3.36. The van der Waals surface area contributed by atoms with E-state index in [1.165, 1.54) is 6.42 Å². The Hall–Kier alpha value is -3.97. The fourth-order valence-electron chi connectivity index (χ4n) is 4.84. The van der Waals surface area contributed by atoms with Crippen molar-refractivity contribution in [3.63, 3.8) is 0 Å². The monoisotopic (exact) mass is 449 g/mol. The summed E-state index contributed by atoms with van der Waals surface area (Å²) in [5, 5.41) is 0. The number of anilines is 1. The topological polar surface area (TPSA) is 122 Å². The molecule has 1 fully saturated rings. The number of allylic oxidation sites excluding steroid dienone is 4. The van der Waals surface area contributed by atoms with Gasteiger partial charge in [0.2, 0.25) is 0 Å². The lowest BCUT2D eigenvalue weighted by Crippen LogP contribution is -2.43. The minimum Gasteiger partial charge on any atom is -0.402 e. The first-order valence-electron chi connectivity index (χ1n) is 11.7. The van der Waals surface area contributed by atoms with Crippen LogP contribution in [0.3, 0.4) is 0 Å². The Kier molecular flexibility index (Phi) is 4.74. The zero-order valence-corrected chi connectivity index (χ0v) is 18.9. The summed E-state index contributed by atoms with van der Waals surface area (Å²) in [5.74, 6) is 1.13. The van der Waals surface area contributed by atoms with Crippen molar-refractivity contribution in [2.45, 2.75) is 37.6 Å². The van der Waals surface area contributed by atoms with Gasteiger partial charge in [0.15, 0.2) is 11.5 Å². The molecule has 0 bridgehead atoms. The Labute approximate surface area is 198 Å². The van der Waals surface area contributed by atoms with Crippen LogP contribution in [0.25, 0.3) is 33.8 Å². The van der Waals surface area contributed by atoms with Gasteiger partial charge in [0.05, 0.1) is 11.3 Å². The maximum absolute atomic E-state index is 6.56. The molecule has 2 aliphatic rings. The maximum Gasteiger partial charge on any atom is 0.165 e. The number of rotatable bonds is 4. The summed E-state index contributed by atoms with van der Waals surface area (Å²) in [6.07, 6.45) is 10.9. The van der Waals surface area contributed by atoms with Crippen LogP contribution < -0.4 is 17.2 Å². The molecule has 0 spiro atoms. The largest absolute Gasteiger partial charge is 0.402 e. The molecule has 7 heteroatoms. The van der Waals surface area contributed by atoms with E-state index in [4.69, 9.17) is 27.2 Å². The summed E-state index contributed by atoms with van der Waals surface area (Å²) in [6.45, 7) is 0. The molecule has 2 aliphatic carbocycles. The molecule has 7 nitrogen and oxygen atoms in total. The van der Waals surface area contributed by atoms with E-state index in [9.17, 15) is 0 Å². The van der Waals surface area contributed by atoms with Crippen molar-refractivity contribution >= 4 is 22.6 Å². The third-order valence-electron chi connectivity index (χ3n) is 6.96. The lowest BCUT2D eigenvalue weighted by molar-refractivity contribution is 0.253. The number of benzene rings is 1. The lowest BCUT2D eigenvalue weighted by atomic mass is 9.73. The SMILES string of the molecule is NC1=CC(c2ccc3nc(-c4cccnc4N)n(-c4ccc(C5(N)CCC5)cc4)c3n2)=CCC1. The second kappa shape index (κ2) is 7.81. The molecule has 0 amide bonds. The Bertz CT molecular complexity index is 1460. The van der Waals surface area contributed by atoms with Gasteiger partial charge in [-0.15, -0.1) is 0 Å². The van der Waals surface area contributed by atoms with Gasteiger partial charge in [-0.1, -0.05) is 18.2 Å². The van der Waals surface area contributed by atoms with Crippen molar-refractivity contribution in [2.75, 3.05) is 5.73 Å². The van der Waals surface area contributed by atoms with E-state index in [-0.39, 0.29) is 5.54 Å². The highest BCUT2D eigenvalue weighted by Gasteiger charge is 2.34. The molecule has 0 aliphatic heterocycles. The van der Waals surface area contributed by atoms with Gasteiger partial charge < -0.3 is 17.2 Å². The van der Waals surface area contributed by atoms with E-state index < -0.39 is 0 Å². The molecule has 6 N–H and O–H groups in total. The summed E-state index contributed by atoms with van der Waals surface area (Å²) in [7, 11) is 0. The van der Waals surface area contributed by atoms with Crippen LogP contribution in [0.15, 0.2) is 72.6 Å². The number of nitrogens with zero attached hydrogens (tertiary/aromatic N) is 4. The molecule has 34 heavy (non-hydrogen) atoms. The normalized spacial score (nSPS) is 17.2. The summed E-state index contributed by atoms with van der Waals surface area (Å²) in [5.41, 5.74) is 25.9. The average molecular weight is 450 g/mol. The smallest absolute Gasteiger partial charge is 0.165 e. The second-order valence-electron chi connectivity index (χ2n) is 9.22. The van der Waals surface area contributed by atoms with Crippen molar-refractivity contribution in [2.24, 2.45) is 11.5 Å². The van der Waals surface area contributed by atoms with Crippen LogP contribution in [0.1, 0.15) is 43.4 Å².